The van der Waals surface area contributed by atoms with E-state index in [4.69, 9.17) is 11.3 Å². The lowest BCUT2D eigenvalue weighted by atomic mass is 9.89. The molecule has 5 heteroatoms. The predicted molar refractivity (Wildman–Crippen MR) is 83.8 cm³/mol. The maximum atomic E-state index is 12.2. The van der Waals surface area contributed by atoms with Crippen LogP contribution < -0.4 is 0 Å². The van der Waals surface area contributed by atoms with Gasteiger partial charge >= 0.3 is 6.09 Å². The van der Waals surface area contributed by atoms with Crippen molar-refractivity contribution in [2.24, 2.45) is 5.92 Å². The molecule has 2 rings (SSSR count). The molecule has 1 aliphatic rings. The highest BCUT2D eigenvalue weighted by atomic mass is 16.6. The minimum absolute atomic E-state index is 0.00805. The topological polar surface area (TPSA) is 54.1 Å². The van der Waals surface area contributed by atoms with E-state index in [1.54, 1.807) is 17.0 Å². The smallest absolute Gasteiger partial charge is 0.410 e. The Hall–Kier alpha value is -2.06. The standard InChI is InChI=1S/C17H22N2O3/c1-17(2,3)22-16(21)19-9-13(11-20)15(10-19)12-5-7-14(18-4)8-6-12/h5-8,13,15,20H,9-11H2,1-3H3/t13-,15?/m0/s1. The maximum Gasteiger partial charge on any atom is 0.410 e. The fourth-order valence-corrected chi connectivity index (χ4v) is 2.71. The van der Waals surface area contributed by atoms with Gasteiger partial charge in [0.25, 0.3) is 0 Å². The van der Waals surface area contributed by atoms with Gasteiger partial charge in [-0.2, -0.15) is 0 Å². The Morgan fingerprint density at radius 2 is 2.00 bits per heavy atom. The van der Waals surface area contributed by atoms with Gasteiger partial charge in [-0.25, -0.2) is 9.64 Å². The van der Waals surface area contributed by atoms with E-state index >= 15 is 0 Å². The first-order valence-corrected chi connectivity index (χ1v) is 7.40. The van der Waals surface area contributed by atoms with Crippen LogP contribution in [0.4, 0.5) is 10.5 Å². The molecule has 1 saturated heterocycles. The highest BCUT2D eigenvalue weighted by molar-refractivity contribution is 5.68. The molecule has 0 spiro atoms. The first-order chi connectivity index (χ1) is 10.3. The molecule has 118 valence electrons. The zero-order valence-corrected chi connectivity index (χ0v) is 13.2. The first-order valence-electron chi connectivity index (χ1n) is 7.40. The molecule has 1 fully saturated rings. The molecule has 1 amide bonds. The molecule has 2 atom stereocenters. The molecule has 0 bridgehead atoms. The van der Waals surface area contributed by atoms with Gasteiger partial charge in [0.2, 0.25) is 0 Å². The van der Waals surface area contributed by atoms with Gasteiger partial charge in [0, 0.05) is 31.5 Å². The average Bonchev–Trinajstić information content (AvgIpc) is 2.90. The molecule has 1 aromatic carbocycles. The van der Waals surface area contributed by atoms with E-state index in [0.29, 0.717) is 18.8 Å². The number of hydrogen-bond donors (Lipinski definition) is 1. The van der Waals surface area contributed by atoms with Gasteiger partial charge in [-0.3, -0.25) is 0 Å². The molecule has 1 aromatic rings. The van der Waals surface area contributed by atoms with Crippen molar-refractivity contribution in [3.63, 3.8) is 0 Å². The second-order valence-corrected chi connectivity index (χ2v) is 6.64. The maximum absolute atomic E-state index is 12.2. The Morgan fingerprint density at radius 3 is 2.50 bits per heavy atom. The zero-order chi connectivity index (χ0) is 16.3. The van der Waals surface area contributed by atoms with Crippen LogP contribution in [0.25, 0.3) is 4.85 Å². The van der Waals surface area contributed by atoms with Gasteiger partial charge in [0.1, 0.15) is 5.60 Å². The summed E-state index contributed by atoms with van der Waals surface area (Å²) in [5, 5.41) is 9.60. The Kier molecular flexibility index (Phi) is 4.72. The Balaban J connectivity index is 2.12. The van der Waals surface area contributed by atoms with Crippen molar-refractivity contribution >= 4 is 11.8 Å². The molecule has 0 aliphatic carbocycles. The minimum Gasteiger partial charge on any atom is -0.444 e. The fraction of sp³-hybridized carbons (Fsp3) is 0.529. The monoisotopic (exact) mass is 302 g/mol. The number of rotatable bonds is 2. The number of ether oxygens (including phenoxy) is 1. The summed E-state index contributed by atoms with van der Waals surface area (Å²) in [4.78, 5) is 17.2. The summed E-state index contributed by atoms with van der Waals surface area (Å²) < 4.78 is 5.40. The number of nitrogens with zero attached hydrogens (tertiary/aromatic N) is 2. The highest BCUT2D eigenvalue weighted by Gasteiger charge is 2.37. The molecule has 1 unspecified atom stereocenters. The van der Waals surface area contributed by atoms with Crippen LogP contribution in [-0.4, -0.2) is 41.4 Å². The Bertz CT molecular complexity index is 569. The number of benzene rings is 1. The number of amides is 1. The van der Waals surface area contributed by atoms with E-state index in [1.807, 2.05) is 32.9 Å². The zero-order valence-electron chi connectivity index (χ0n) is 13.2. The minimum atomic E-state index is -0.527. The lowest BCUT2D eigenvalue weighted by Gasteiger charge is -2.24. The molecule has 1 aliphatic heterocycles. The Labute approximate surface area is 131 Å². The number of aliphatic hydroxyl groups is 1. The molecule has 0 saturated carbocycles. The van der Waals surface area contributed by atoms with Gasteiger partial charge in [0.15, 0.2) is 5.69 Å². The van der Waals surface area contributed by atoms with Crippen molar-refractivity contribution in [2.45, 2.75) is 32.3 Å². The van der Waals surface area contributed by atoms with E-state index in [9.17, 15) is 9.90 Å². The van der Waals surface area contributed by atoms with Crippen LogP contribution in [0.1, 0.15) is 32.3 Å². The molecule has 0 radical (unpaired) electrons. The van der Waals surface area contributed by atoms with Crippen LogP contribution in [0.5, 0.6) is 0 Å². The largest absolute Gasteiger partial charge is 0.444 e. The third-order valence-corrected chi connectivity index (χ3v) is 3.78. The SMILES string of the molecule is [C-]#[N+]c1ccc(C2CN(C(=O)OC(C)(C)C)C[C@H]2CO)cc1. The lowest BCUT2D eigenvalue weighted by Crippen LogP contribution is -2.35. The summed E-state index contributed by atoms with van der Waals surface area (Å²) in [5.41, 5.74) is 1.10. The summed E-state index contributed by atoms with van der Waals surface area (Å²) in [6.07, 6.45) is -0.341. The Morgan fingerprint density at radius 1 is 1.36 bits per heavy atom. The van der Waals surface area contributed by atoms with Crippen LogP contribution in [0.2, 0.25) is 0 Å². The van der Waals surface area contributed by atoms with E-state index in [1.165, 1.54) is 0 Å². The van der Waals surface area contributed by atoms with Gasteiger partial charge in [-0.05, 0) is 26.3 Å². The predicted octanol–water partition coefficient (Wildman–Crippen LogP) is 3.18. The van der Waals surface area contributed by atoms with Crippen LogP contribution >= 0.6 is 0 Å². The van der Waals surface area contributed by atoms with Crippen molar-refractivity contribution in [2.75, 3.05) is 19.7 Å². The van der Waals surface area contributed by atoms with Crippen molar-refractivity contribution in [1.29, 1.82) is 0 Å². The number of aliphatic hydroxyl groups excluding tert-OH is 1. The van der Waals surface area contributed by atoms with Crippen LogP contribution in [0, 0.1) is 12.5 Å². The van der Waals surface area contributed by atoms with Gasteiger partial charge in [-0.15, -0.1) is 0 Å². The number of carbonyl (C=O) groups is 1. The van der Waals surface area contributed by atoms with Crippen molar-refractivity contribution in [3.05, 3.63) is 41.2 Å². The molecule has 0 aromatic heterocycles. The van der Waals surface area contributed by atoms with E-state index in [2.05, 4.69) is 4.85 Å². The summed E-state index contributed by atoms with van der Waals surface area (Å²) in [6.45, 7) is 13.5. The van der Waals surface area contributed by atoms with E-state index < -0.39 is 5.60 Å². The van der Waals surface area contributed by atoms with Crippen molar-refractivity contribution in [3.8, 4) is 0 Å². The molecule has 1 N–H and O–H groups in total. The highest BCUT2D eigenvalue weighted by Crippen LogP contribution is 2.34. The number of carbonyl (C=O) groups excluding carboxylic acids is 1. The van der Waals surface area contributed by atoms with Gasteiger partial charge in [-0.1, -0.05) is 24.3 Å². The van der Waals surface area contributed by atoms with E-state index in [-0.39, 0.29) is 24.5 Å². The van der Waals surface area contributed by atoms with Crippen molar-refractivity contribution < 1.29 is 14.6 Å². The second kappa shape index (κ2) is 6.37. The lowest BCUT2D eigenvalue weighted by molar-refractivity contribution is 0.0283. The molecular formula is C17H22N2O3. The molecular weight excluding hydrogens is 280 g/mol. The summed E-state index contributed by atoms with van der Waals surface area (Å²) >= 11 is 0. The third-order valence-electron chi connectivity index (χ3n) is 3.78. The average molecular weight is 302 g/mol. The molecule has 22 heavy (non-hydrogen) atoms. The number of hydrogen-bond acceptors (Lipinski definition) is 3. The molecule has 5 nitrogen and oxygen atoms in total. The van der Waals surface area contributed by atoms with E-state index in [0.717, 1.165) is 5.56 Å². The second-order valence-electron chi connectivity index (χ2n) is 6.64. The summed E-state index contributed by atoms with van der Waals surface area (Å²) in [7, 11) is 0. The normalized spacial score (nSPS) is 21.5. The number of likely N-dealkylation sites (tertiary alicyclic amines) is 1. The van der Waals surface area contributed by atoms with Gasteiger partial charge < -0.3 is 14.7 Å². The van der Waals surface area contributed by atoms with Crippen LogP contribution in [0.15, 0.2) is 24.3 Å². The third kappa shape index (κ3) is 3.77. The first kappa shape index (κ1) is 16.3. The van der Waals surface area contributed by atoms with Crippen LogP contribution in [-0.2, 0) is 4.74 Å². The summed E-state index contributed by atoms with van der Waals surface area (Å²) in [6, 6.07) is 7.35. The summed E-state index contributed by atoms with van der Waals surface area (Å²) in [5.74, 6) is 0.0589. The van der Waals surface area contributed by atoms with Gasteiger partial charge in [0.05, 0.1) is 6.57 Å². The fourth-order valence-electron chi connectivity index (χ4n) is 2.71. The van der Waals surface area contributed by atoms with Crippen LogP contribution in [0.3, 0.4) is 0 Å². The van der Waals surface area contributed by atoms with Crippen molar-refractivity contribution in [1.82, 2.24) is 4.90 Å². The quantitative estimate of drug-likeness (QED) is 0.854. The molecule has 1 heterocycles.